The average Bonchev–Trinajstić information content (AvgIpc) is 3.40. The minimum Gasteiger partial charge on any atom is -0.455 e. The number of hydrogen-bond donors (Lipinski definition) is 1. The zero-order chi connectivity index (χ0) is 21.1. The summed E-state index contributed by atoms with van der Waals surface area (Å²) in [6.07, 6.45) is 4.40. The van der Waals surface area contributed by atoms with Gasteiger partial charge in [-0.2, -0.15) is 0 Å². The van der Waals surface area contributed by atoms with Gasteiger partial charge in [0, 0.05) is 39.5 Å². The van der Waals surface area contributed by atoms with E-state index in [9.17, 15) is 0 Å². The quantitative estimate of drug-likeness (QED) is 0.317. The van der Waals surface area contributed by atoms with E-state index in [0.717, 1.165) is 51.1 Å². The van der Waals surface area contributed by atoms with E-state index >= 15 is 0 Å². The first kappa shape index (κ1) is 17.4. The van der Waals surface area contributed by atoms with Gasteiger partial charge in [-0.3, -0.25) is 4.57 Å². The molecule has 0 radical (unpaired) electrons. The number of fused-ring (bicyclic) bond motifs is 6. The van der Waals surface area contributed by atoms with Gasteiger partial charge >= 0.3 is 0 Å². The molecule has 3 heterocycles. The Morgan fingerprint density at radius 2 is 1.56 bits per heavy atom. The number of nitrogens with zero attached hydrogens (tertiary/aromatic N) is 1. The Balaban J connectivity index is 1.48. The zero-order valence-electron chi connectivity index (χ0n) is 17.4. The van der Waals surface area contributed by atoms with Crippen molar-refractivity contribution in [2.75, 3.05) is 11.9 Å². The maximum absolute atomic E-state index is 6.30. The Kier molecular flexibility index (Phi) is 3.61. The van der Waals surface area contributed by atoms with Crippen LogP contribution < -0.4 is 5.32 Å². The molecule has 0 bridgehead atoms. The van der Waals surface area contributed by atoms with Gasteiger partial charge < -0.3 is 9.73 Å². The van der Waals surface area contributed by atoms with Crippen LogP contribution in [0, 0.1) is 0 Å². The first-order valence-corrected chi connectivity index (χ1v) is 10.9. The first-order chi connectivity index (χ1) is 15.9. The summed E-state index contributed by atoms with van der Waals surface area (Å²) in [5.74, 6) is 1.15. The molecule has 1 aliphatic heterocycles. The van der Waals surface area contributed by atoms with E-state index in [0.29, 0.717) is 0 Å². The van der Waals surface area contributed by atoms with Gasteiger partial charge in [0.05, 0.1) is 5.52 Å². The fourth-order valence-corrected chi connectivity index (χ4v) is 5.00. The van der Waals surface area contributed by atoms with Crippen LogP contribution in [0.25, 0.3) is 55.7 Å². The van der Waals surface area contributed by atoms with Gasteiger partial charge in [0.1, 0.15) is 17.0 Å². The van der Waals surface area contributed by atoms with E-state index in [2.05, 4.69) is 101 Å². The fraction of sp³-hybridized carbons (Fsp3) is 0.0345. The van der Waals surface area contributed by atoms with Crippen molar-refractivity contribution >= 4 is 44.7 Å². The van der Waals surface area contributed by atoms with Gasteiger partial charge in [0.15, 0.2) is 0 Å². The summed E-state index contributed by atoms with van der Waals surface area (Å²) in [7, 11) is 0. The molecular formula is C29H20N2O. The zero-order valence-corrected chi connectivity index (χ0v) is 17.4. The van der Waals surface area contributed by atoms with Gasteiger partial charge in [-0.25, -0.2) is 0 Å². The lowest BCUT2D eigenvalue weighted by atomic mass is 10.0. The van der Waals surface area contributed by atoms with Crippen LogP contribution in [-0.4, -0.2) is 11.1 Å². The number of aromatic nitrogens is 1. The standard InChI is InChI=1S/C29H20N2O/c1-3-15-26-22(10-1)25-14-7-17-30-29(25)31(26)20-9-5-8-19(18-20)21-12-6-13-24-23-11-2-4-16-27(23)32-28(21)24/h1-16,18,30H,17H2. The topological polar surface area (TPSA) is 30.1 Å². The molecule has 1 aliphatic rings. The molecule has 0 aliphatic carbocycles. The predicted octanol–water partition coefficient (Wildman–Crippen LogP) is 7.64. The molecule has 4 aromatic carbocycles. The second kappa shape index (κ2) is 6.63. The third kappa shape index (κ3) is 2.42. The molecule has 32 heavy (non-hydrogen) atoms. The number of hydrogen-bond acceptors (Lipinski definition) is 2. The highest BCUT2D eigenvalue weighted by Crippen LogP contribution is 2.39. The predicted molar refractivity (Wildman–Crippen MR) is 134 cm³/mol. The number of furan rings is 1. The number of para-hydroxylation sites is 3. The first-order valence-electron chi connectivity index (χ1n) is 10.9. The lowest BCUT2D eigenvalue weighted by Crippen LogP contribution is -2.08. The molecule has 0 spiro atoms. The molecule has 152 valence electrons. The van der Waals surface area contributed by atoms with Crippen molar-refractivity contribution in [2.45, 2.75) is 0 Å². The molecule has 0 saturated carbocycles. The van der Waals surface area contributed by atoms with Crippen LogP contribution >= 0.6 is 0 Å². The normalized spacial score (nSPS) is 13.0. The summed E-state index contributed by atoms with van der Waals surface area (Å²) in [6.45, 7) is 0.835. The van der Waals surface area contributed by atoms with Crippen LogP contribution in [0.4, 0.5) is 5.82 Å². The highest BCUT2D eigenvalue weighted by molar-refractivity contribution is 6.09. The monoisotopic (exact) mass is 412 g/mol. The van der Waals surface area contributed by atoms with Crippen LogP contribution in [0.3, 0.4) is 0 Å². The Morgan fingerprint density at radius 3 is 2.53 bits per heavy atom. The van der Waals surface area contributed by atoms with E-state index in [-0.39, 0.29) is 0 Å². The number of nitrogens with one attached hydrogen (secondary N) is 1. The molecule has 3 heteroatoms. The van der Waals surface area contributed by atoms with Crippen molar-refractivity contribution in [1.82, 2.24) is 4.57 Å². The molecule has 0 amide bonds. The van der Waals surface area contributed by atoms with E-state index in [1.54, 1.807) is 0 Å². The lowest BCUT2D eigenvalue weighted by molar-refractivity contribution is 0.670. The summed E-state index contributed by atoms with van der Waals surface area (Å²) in [6, 6.07) is 32.0. The summed E-state index contributed by atoms with van der Waals surface area (Å²) >= 11 is 0. The van der Waals surface area contributed by atoms with Crippen molar-refractivity contribution in [1.29, 1.82) is 0 Å². The third-order valence-electron chi connectivity index (χ3n) is 6.41. The second-order valence-corrected chi connectivity index (χ2v) is 8.23. The molecule has 0 fully saturated rings. The van der Waals surface area contributed by atoms with Crippen molar-refractivity contribution < 1.29 is 4.42 Å². The molecule has 0 atom stereocenters. The fourth-order valence-electron chi connectivity index (χ4n) is 5.00. The van der Waals surface area contributed by atoms with Crippen LogP contribution in [0.2, 0.25) is 0 Å². The summed E-state index contributed by atoms with van der Waals surface area (Å²) < 4.78 is 8.63. The number of rotatable bonds is 2. The van der Waals surface area contributed by atoms with Gasteiger partial charge in [-0.05, 0) is 29.8 Å². The summed E-state index contributed by atoms with van der Waals surface area (Å²) in [4.78, 5) is 0. The van der Waals surface area contributed by atoms with Crippen LogP contribution in [-0.2, 0) is 0 Å². The lowest BCUT2D eigenvalue weighted by Gasteiger charge is -2.16. The van der Waals surface area contributed by atoms with Crippen molar-refractivity contribution in [3.63, 3.8) is 0 Å². The Morgan fingerprint density at radius 1 is 0.750 bits per heavy atom. The third-order valence-corrected chi connectivity index (χ3v) is 6.41. The summed E-state index contributed by atoms with van der Waals surface area (Å²) in [5, 5.41) is 7.15. The molecule has 2 aromatic heterocycles. The minimum atomic E-state index is 0.835. The highest BCUT2D eigenvalue weighted by atomic mass is 16.3. The molecule has 6 aromatic rings. The van der Waals surface area contributed by atoms with Gasteiger partial charge in [-0.1, -0.05) is 78.9 Å². The summed E-state index contributed by atoms with van der Waals surface area (Å²) in [5.41, 5.74) is 7.70. The maximum Gasteiger partial charge on any atom is 0.143 e. The van der Waals surface area contributed by atoms with Gasteiger partial charge in [-0.15, -0.1) is 0 Å². The van der Waals surface area contributed by atoms with Crippen LogP contribution in [0.1, 0.15) is 5.56 Å². The highest BCUT2D eigenvalue weighted by Gasteiger charge is 2.19. The van der Waals surface area contributed by atoms with Gasteiger partial charge in [0.2, 0.25) is 0 Å². The Hall–Kier alpha value is -4.24. The SMILES string of the molecule is C1=Cc2c(n(-c3cccc(-c4cccc5c4oc4ccccc45)c3)c3ccccc23)NC1. The number of benzene rings is 4. The van der Waals surface area contributed by atoms with Gasteiger partial charge in [0.25, 0.3) is 0 Å². The molecule has 0 unspecified atom stereocenters. The average molecular weight is 412 g/mol. The maximum atomic E-state index is 6.30. The molecule has 1 N–H and O–H groups in total. The van der Waals surface area contributed by atoms with E-state index in [1.165, 1.54) is 16.5 Å². The van der Waals surface area contributed by atoms with Crippen molar-refractivity contribution in [3.05, 3.63) is 103 Å². The molecule has 0 saturated heterocycles. The Labute approximate surface area is 185 Å². The van der Waals surface area contributed by atoms with Crippen LogP contribution in [0.15, 0.2) is 101 Å². The number of anilines is 1. The molecule has 7 rings (SSSR count). The second-order valence-electron chi connectivity index (χ2n) is 8.23. The van der Waals surface area contributed by atoms with E-state index in [4.69, 9.17) is 4.42 Å². The van der Waals surface area contributed by atoms with Crippen molar-refractivity contribution in [2.24, 2.45) is 0 Å². The largest absolute Gasteiger partial charge is 0.455 e. The smallest absolute Gasteiger partial charge is 0.143 e. The minimum absolute atomic E-state index is 0.835. The Bertz CT molecular complexity index is 1680. The molecule has 3 nitrogen and oxygen atoms in total. The van der Waals surface area contributed by atoms with Crippen molar-refractivity contribution in [3.8, 4) is 16.8 Å². The van der Waals surface area contributed by atoms with E-state index < -0.39 is 0 Å². The van der Waals surface area contributed by atoms with E-state index in [1.807, 2.05) is 12.1 Å². The van der Waals surface area contributed by atoms with Crippen LogP contribution in [0.5, 0.6) is 0 Å². The molecular weight excluding hydrogens is 392 g/mol.